The molecule has 2 amide bonds. The van der Waals surface area contributed by atoms with Gasteiger partial charge in [-0.25, -0.2) is 18.7 Å². The van der Waals surface area contributed by atoms with Crippen molar-refractivity contribution in [2.24, 2.45) is 17.8 Å². The number of hydrogen-bond donors (Lipinski definition) is 1. The van der Waals surface area contributed by atoms with Crippen LogP contribution in [0.5, 0.6) is 0 Å². The molecule has 0 radical (unpaired) electrons. The fraction of sp³-hybridized carbons (Fsp3) is 0.556. The number of aryl methyl sites for hydroxylation is 2. The molecule has 2 aromatic rings. The Kier molecular flexibility index (Phi) is 6.76. The van der Waals surface area contributed by atoms with Crippen LogP contribution < -0.4 is 5.32 Å². The normalized spacial score (nSPS) is 24.3. The van der Waals surface area contributed by atoms with Crippen molar-refractivity contribution in [2.75, 3.05) is 32.7 Å². The van der Waals surface area contributed by atoms with E-state index in [2.05, 4.69) is 20.2 Å². The molecule has 7 nitrogen and oxygen atoms in total. The molecule has 2 saturated heterocycles. The highest BCUT2D eigenvalue weighted by atomic mass is 19.3. The zero-order chi connectivity index (χ0) is 25.4. The van der Waals surface area contributed by atoms with Crippen molar-refractivity contribution < 1.29 is 18.4 Å². The van der Waals surface area contributed by atoms with E-state index in [1.807, 2.05) is 49.1 Å². The second kappa shape index (κ2) is 9.84. The molecule has 1 N–H and O–H groups in total. The van der Waals surface area contributed by atoms with Gasteiger partial charge in [-0.1, -0.05) is 30.3 Å². The average Bonchev–Trinajstić information content (AvgIpc) is 3.39. The van der Waals surface area contributed by atoms with Crippen molar-refractivity contribution in [3.63, 3.8) is 0 Å². The molecule has 1 aliphatic carbocycles. The highest BCUT2D eigenvalue weighted by molar-refractivity contribution is 5.96. The Bertz CT molecular complexity index is 1090. The monoisotopic (exact) mass is 497 g/mol. The van der Waals surface area contributed by atoms with E-state index in [0.717, 1.165) is 38.3 Å². The summed E-state index contributed by atoms with van der Waals surface area (Å²) >= 11 is 0. The predicted octanol–water partition coefficient (Wildman–Crippen LogP) is 3.39. The fourth-order valence-electron chi connectivity index (χ4n) is 5.95. The van der Waals surface area contributed by atoms with Crippen LogP contribution in [-0.4, -0.2) is 70.2 Å². The maximum Gasteiger partial charge on any atom is 0.257 e. The SMILES string of the molecule is Cc1ncnc(C)c1C(=O)N1CC2CN(CCC(NC(=O)C3CC(F)(F)C3)c3ccccc3)C[C@H]2C1. The Balaban J connectivity index is 1.16. The predicted molar refractivity (Wildman–Crippen MR) is 130 cm³/mol. The molecule has 0 bridgehead atoms. The van der Waals surface area contributed by atoms with E-state index in [1.165, 1.54) is 6.33 Å². The number of nitrogens with zero attached hydrogens (tertiary/aromatic N) is 4. The standard InChI is InChI=1S/C27H33F2N5O2/c1-17-24(18(2)31-16-30-17)26(36)34-14-21-12-33(13-22(21)15-34)9-8-23(19-6-4-3-5-7-19)32-25(35)20-10-27(28,29)11-20/h3-7,16,20-23H,8-15H2,1-2H3,(H,32,35)/t21-,22?,23?/m0/s1. The summed E-state index contributed by atoms with van der Waals surface area (Å²) < 4.78 is 26.5. The van der Waals surface area contributed by atoms with Crippen molar-refractivity contribution in [2.45, 2.75) is 45.1 Å². The molecular formula is C27H33F2N5O2. The van der Waals surface area contributed by atoms with Gasteiger partial charge < -0.3 is 15.1 Å². The third kappa shape index (κ3) is 5.12. The van der Waals surface area contributed by atoms with Crippen LogP contribution in [0.3, 0.4) is 0 Å². The molecule has 5 rings (SSSR count). The van der Waals surface area contributed by atoms with Crippen LogP contribution in [0, 0.1) is 31.6 Å². The number of halogens is 2. The van der Waals surface area contributed by atoms with Crippen molar-refractivity contribution in [3.05, 3.63) is 59.2 Å². The summed E-state index contributed by atoms with van der Waals surface area (Å²) in [5, 5.41) is 3.03. The lowest BCUT2D eigenvalue weighted by Crippen LogP contribution is -2.46. The van der Waals surface area contributed by atoms with Gasteiger partial charge in [0.25, 0.3) is 5.91 Å². The zero-order valence-electron chi connectivity index (χ0n) is 20.8. The number of aromatic nitrogens is 2. The number of benzene rings is 1. The Hall–Kier alpha value is -2.94. The maximum atomic E-state index is 13.3. The Morgan fingerprint density at radius 3 is 2.22 bits per heavy atom. The Morgan fingerprint density at radius 2 is 1.64 bits per heavy atom. The van der Waals surface area contributed by atoms with E-state index in [0.29, 0.717) is 35.2 Å². The van der Waals surface area contributed by atoms with E-state index in [9.17, 15) is 18.4 Å². The highest BCUT2D eigenvalue weighted by Gasteiger charge is 2.49. The maximum absolute atomic E-state index is 13.3. The Morgan fingerprint density at radius 1 is 1.03 bits per heavy atom. The molecule has 3 atom stereocenters. The van der Waals surface area contributed by atoms with Crippen LogP contribution >= 0.6 is 0 Å². The topological polar surface area (TPSA) is 78.4 Å². The lowest BCUT2D eigenvalue weighted by atomic mass is 9.80. The molecule has 3 fully saturated rings. The summed E-state index contributed by atoms with van der Waals surface area (Å²) in [7, 11) is 0. The van der Waals surface area contributed by atoms with Gasteiger partial charge in [0.1, 0.15) is 6.33 Å². The molecule has 192 valence electrons. The number of likely N-dealkylation sites (tertiary alicyclic amines) is 2. The smallest absolute Gasteiger partial charge is 0.257 e. The molecule has 1 aromatic heterocycles. The minimum absolute atomic E-state index is 0.0139. The van der Waals surface area contributed by atoms with Crippen LogP contribution in [0.4, 0.5) is 8.78 Å². The molecule has 3 heterocycles. The van der Waals surface area contributed by atoms with E-state index in [-0.39, 0.29) is 30.7 Å². The summed E-state index contributed by atoms with van der Waals surface area (Å²) in [5.74, 6) is -2.75. The van der Waals surface area contributed by atoms with Gasteiger partial charge in [-0.2, -0.15) is 0 Å². The molecule has 3 aliphatic rings. The lowest BCUT2D eigenvalue weighted by molar-refractivity contribution is -0.150. The third-order valence-electron chi connectivity index (χ3n) is 8.00. The summed E-state index contributed by atoms with van der Waals surface area (Å²) in [6.45, 7) is 7.75. The van der Waals surface area contributed by atoms with Crippen LogP contribution in [-0.2, 0) is 4.79 Å². The van der Waals surface area contributed by atoms with E-state index >= 15 is 0 Å². The van der Waals surface area contributed by atoms with E-state index in [4.69, 9.17) is 0 Å². The molecule has 2 aliphatic heterocycles. The quantitative estimate of drug-likeness (QED) is 0.635. The number of carbonyl (C=O) groups excluding carboxylic acids is 2. The zero-order valence-corrected chi connectivity index (χ0v) is 20.8. The second-order valence-electron chi connectivity index (χ2n) is 10.6. The first-order valence-corrected chi connectivity index (χ1v) is 12.7. The van der Waals surface area contributed by atoms with Gasteiger partial charge in [0.15, 0.2) is 0 Å². The highest BCUT2D eigenvalue weighted by Crippen LogP contribution is 2.42. The van der Waals surface area contributed by atoms with Gasteiger partial charge in [-0.3, -0.25) is 9.59 Å². The molecular weight excluding hydrogens is 464 g/mol. The van der Waals surface area contributed by atoms with Crippen molar-refractivity contribution in [3.8, 4) is 0 Å². The molecule has 2 unspecified atom stereocenters. The van der Waals surface area contributed by atoms with E-state index in [1.54, 1.807) is 0 Å². The van der Waals surface area contributed by atoms with Crippen LogP contribution in [0.1, 0.15) is 52.6 Å². The second-order valence-corrected chi connectivity index (χ2v) is 10.6. The van der Waals surface area contributed by atoms with Crippen LogP contribution in [0.25, 0.3) is 0 Å². The van der Waals surface area contributed by atoms with E-state index < -0.39 is 11.8 Å². The first-order chi connectivity index (χ1) is 17.2. The molecule has 1 saturated carbocycles. The summed E-state index contributed by atoms with van der Waals surface area (Å²) in [5.41, 5.74) is 3.03. The molecule has 9 heteroatoms. The van der Waals surface area contributed by atoms with Crippen molar-refractivity contribution in [1.29, 1.82) is 0 Å². The molecule has 36 heavy (non-hydrogen) atoms. The number of fused-ring (bicyclic) bond motifs is 1. The van der Waals surface area contributed by atoms with Gasteiger partial charge in [-0.05, 0) is 37.7 Å². The van der Waals surface area contributed by atoms with Crippen molar-refractivity contribution >= 4 is 11.8 Å². The summed E-state index contributed by atoms with van der Waals surface area (Å²) in [6.07, 6.45) is 1.48. The molecule has 0 spiro atoms. The van der Waals surface area contributed by atoms with Gasteiger partial charge in [0.2, 0.25) is 11.8 Å². The van der Waals surface area contributed by atoms with Gasteiger partial charge in [0, 0.05) is 51.5 Å². The number of alkyl halides is 2. The van der Waals surface area contributed by atoms with Gasteiger partial charge in [-0.15, -0.1) is 0 Å². The number of carbonyl (C=O) groups is 2. The summed E-state index contributed by atoms with van der Waals surface area (Å²) in [6, 6.07) is 9.52. The third-order valence-corrected chi connectivity index (χ3v) is 8.00. The molecule has 1 aromatic carbocycles. The summed E-state index contributed by atoms with van der Waals surface area (Å²) in [4.78, 5) is 38.5. The van der Waals surface area contributed by atoms with Crippen LogP contribution in [0.2, 0.25) is 0 Å². The number of amides is 2. The van der Waals surface area contributed by atoms with Crippen LogP contribution in [0.15, 0.2) is 36.7 Å². The van der Waals surface area contributed by atoms with Gasteiger partial charge >= 0.3 is 0 Å². The van der Waals surface area contributed by atoms with Gasteiger partial charge in [0.05, 0.1) is 23.0 Å². The fourth-order valence-corrected chi connectivity index (χ4v) is 5.95. The number of nitrogens with one attached hydrogen (secondary N) is 1. The van der Waals surface area contributed by atoms with Crippen molar-refractivity contribution in [1.82, 2.24) is 25.1 Å². The first kappa shape index (κ1) is 24.7. The lowest BCUT2D eigenvalue weighted by Gasteiger charge is -2.35. The number of hydrogen-bond acceptors (Lipinski definition) is 5. The average molecular weight is 498 g/mol. The largest absolute Gasteiger partial charge is 0.349 e. The minimum atomic E-state index is -2.71. The first-order valence-electron chi connectivity index (χ1n) is 12.7. The Labute approximate surface area is 210 Å². The minimum Gasteiger partial charge on any atom is -0.349 e. The number of rotatable bonds is 7.